The number of primary amides is 1. The summed E-state index contributed by atoms with van der Waals surface area (Å²) < 4.78 is 6.74. The molecular weight excluding hydrogens is 320 g/mol. The summed E-state index contributed by atoms with van der Waals surface area (Å²) in [5.74, 6) is -1.12. The number of nitrogens with two attached hydrogens (primary N) is 1. The quantitative estimate of drug-likeness (QED) is 0.692. The lowest BCUT2D eigenvalue weighted by atomic mass is 10.1. The fourth-order valence-corrected chi connectivity index (χ4v) is 2.78. The number of amides is 1. The molecule has 0 atom stereocenters. The van der Waals surface area contributed by atoms with E-state index < -0.39 is 11.9 Å². The Bertz CT molecular complexity index is 919. The van der Waals surface area contributed by atoms with Gasteiger partial charge in [-0.3, -0.25) is 9.59 Å². The number of hydrogen-bond donors (Lipinski definition) is 1. The van der Waals surface area contributed by atoms with Crippen LogP contribution in [-0.2, 0) is 17.6 Å². The normalized spacial score (nSPS) is 10.8. The van der Waals surface area contributed by atoms with Gasteiger partial charge in [0, 0.05) is 18.7 Å². The zero-order valence-corrected chi connectivity index (χ0v) is 13.8. The summed E-state index contributed by atoms with van der Waals surface area (Å²) in [6, 6.07) is 11.8. The smallest absolute Gasteiger partial charge is 0.308 e. The fraction of sp³-hybridized carbons (Fsp3) is 0.222. The van der Waals surface area contributed by atoms with Gasteiger partial charge in [-0.25, -0.2) is 9.50 Å². The first-order valence-electron chi connectivity index (χ1n) is 7.94. The van der Waals surface area contributed by atoms with Crippen molar-refractivity contribution in [3.8, 4) is 5.75 Å². The molecule has 7 nitrogen and oxygen atoms in total. The molecule has 128 valence electrons. The second-order valence-electron chi connectivity index (χ2n) is 5.67. The number of aryl methyl sites for hydroxylation is 2. The first kappa shape index (κ1) is 16.6. The summed E-state index contributed by atoms with van der Waals surface area (Å²) in [6.45, 7) is 1.27. The van der Waals surface area contributed by atoms with E-state index >= 15 is 0 Å². The van der Waals surface area contributed by atoms with Crippen LogP contribution in [0.4, 0.5) is 0 Å². The van der Waals surface area contributed by atoms with Gasteiger partial charge in [-0.15, -0.1) is 0 Å². The molecule has 0 bridgehead atoms. The zero-order chi connectivity index (χ0) is 17.8. The summed E-state index contributed by atoms with van der Waals surface area (Å²) >= 11 is 0. The van der Waals surface area contributed by atoms with E-state index in [-0.39, 0.29) is 11.3 Å². The van der Waals surface area contributed by atoms with Crippen LogP contribution in [0.3, 0.4) is 0 Å². The lowest BCUT2D eigenvalue weighted by Gasteiger charge is -2.11. The van der Waals surface area contributed by atoms with Gasteiger partial charge in [0.2, 0.25) is 0 Å². The lowest BCUT2D eigenvalue weighted by Crippen LogP contribution is -2.18. The van der Waals surface area contributed by atoms with E-state index in [0.29, 0.717) is 12.1 Å². The first-order chi connectivity index (χ1) is 12.1. The SMILES string of the molecule is CC(=O)Oc1cc(CCCc2ccccc2)n2ncnc2c1C(N)=O. The monoisotopic (exact) mass is 338 g/mol. The number of nitrogens with zero attached hydrogens (tertiary/aromatic N) is 3. The van der Waals surface area contributed by atoms with Crippen LogP contribution in [0.5, 0.6) is 5.75 Å². The van der Waals surface area contributed by atoms with E-state index in [1.807, 2.05) is 18.2 Å². The van der Waals surface area contributed by atoms with Crippen molar-refractivity contribution in [1.82, 2.24) is 14.6 Å². The lowest BCUT2D eigenvalue weighted by molar-refractivity contribution is -0.131. The van der Waals surface area contributed by atoms with Gasteiger partial charge in [-0.05, 0) is 24.8 Å². The Morgan fingerprint density at radius 3 is 2.64 bits per heavy atom. The summed E-state index contributed by atoms with van der Waals surface area (Å²) in [5.41, 5.74) is 7.82. The number of pyridine rings is 1. The van der Waals surface area contributed by atoms with Crippen molar-refractivity contribution in [3.05, 3.63) is 59.5 Å². The molecule has 3 rings (SSSR count). The van der Waals surface area contributed by atoms with Crippen molar-refractivity contribution >= 4 is 17.5 Å². The van der Waals surface area contributed by atoms with Gasteiger partial charge in [0.1, 0.15) is 17.6 Å². The van der Waals surface area contributed by atoms with Gasteiger partial charge in [0.25, 0.3) is 5.91 Å². The first-order valence-corrected chi connectivity index (χ1v) is 7.94. The van der Waals surface area contributed by atoms with Crippen LogP contribution in [0.25, 0.3) is 5.65 Å². The number of rotatable bonds is 6. The molecule has 2 N–H and O–H groups in total. The number of esters is 1. The van der Waals surface area contributed by atoms with Crippen LogP contribution in [0, 0.1) is 0 Å². The van der Waals surface area contributed by atoms with Crippen LogP contribution in [0.2, 0.25) is 0 Å². The molecule has 0 saturated carbocycles. The number of aromatic nitrogens is 3. The molecule has 0 saturated heterocycles. The molecule has 1 aromatic carbocycles. The molecule has 1 amide bonds. The highest BCUT2D eigenvalue weighted by molar-refractivity contribution is 6.02. The number of carbonyl (C=O) groups excluding carboxylic acids is 2. The molecule has 0 fully saturated rings. The van der Waals surface area contributed by atoms with Crippen LogP contribution >= 0.6 is 0 Å². The second kappa shape index (κ2) is 7.12. The second-order valence-corrected chi connectivity index (χ2v) is 5.67. The molecule has 0 unspecified atom stereocenters. The highest BCUT2D eigenvalue weighted by Gasteiger charge is 2.20. The summed E-state index contributed by atoms with van der Waals surface area (Å²) in [7, 11) is 0. The molecule has 2 aromatic heterocycles. The van der Waals surface area contributed by atoms with E-state index in [0.717, 1.165) is 18.5 Å². The van der Waals surface area contributed by atoms with Crippen molar-refractivity contribution in [2.75, 3.05) is 0 Å². The number of fused-ring (bicyclic) bond motifs is 1. The maximum atomic E-state index is 11.8. The molecule has 0 spiro atoms. The minimum Gasteiger partial charge on any atom is -0.426 e. The summed E-state index contributed by atoms with van der Waals surface area (Å²) in [5, 5.41) is 4.16. The van der Waals surface area contributed by atoms with Crippen molar-refractivity contribution in [1.29, 1.82) is 0 Å². The van der Waals surface area contributed by atoms with Crippen LogP contribution < -0.4 is 10.5 Å². The predicted octanol–water partition coefficient (Wildman–Crippen LogP) is 1.93. The maximum Gasteiger partial charge on any atom is 0.308 e. The van der Waals surface area contributed by atoms with E-state index in [2.05, 4.69) is 22.2 Å². The maximum absolute atomic E-state index is 11.8. The average Bonchev–Trinajstić information content (AvgIpc) is 3.04. The van der Waals surface area contributed by atoms with E-state index in [1.165, 1.54) is 18.8 Å². The number of carbonyl (C=O) groups is 2. The Hall–Kier alpha value is -3.22. The summed E-state index contributed by atoms with van der Waals surface area (Å²) in [4.78, 5) is 27.2. The molecule has 25 heavy (non-hydrogen) atoms. The Morgan fingerprint density at radius 2 is 1.96 bits per heavy atom. The van der Waals surface area contributed by atoms with E-state index in [9.17, 15) is 9.59 Å². The van der Waals surface area contributed by atoms with Crippen LogP contribution in [-0.4, -0.2) is 26.5 Å². The van der Waals surface area contributed by atoms with Crippen molar-refractivity contribution in [2.45, 2.75) is 26.2 Å². The predicted molar refractivity (Wildman–Crippen MR) is 91.3 cm³/mol. The Kier molecular flexibility index (Phi) is 4.74. The minimum absolute atomic E-state index is 0.0551. The minimum atomic E-state index is -0.718. The van der Waals surface area contributed by atoms with E-state index in [1.54, 1.807) is 10.6 Å². The van der Waals surface area contributed by atoms with Crippen LogP contribution in [0.1, 0.15) is 35.0 Å². The largest absolute Gasteiger partial charge is 0.426 e. The third-order valence-corrected chi connectivity index (χ3v) is 3.83. The third-order valence-electron chi connectivity index (χ3n) is 3.83. The molecule has 2 heterocycles. The molecule has 7 heteroatoms. The third kappa shape index (κ3) is 3.65. The van der Waals surface area contributed by atoms with Gasteiger partial charge in [-0.1, -0.05) is 30.3 Å². The van der Waals surface area contributed by atoms with Gasteiger partial charge in [0.15, 0.2) is 5.65 Å². The van der Waals surface area contributed by atoms with Gasteiger partial charge in [-0.2, -0.15) is 5.10 Å². The molecule has 0 aliphatic heterocycles. The van der Waals surface area contributed by atoms with Crippen LogP contribution in [0.15, 0.2) is 42.7 Å². The topological polar surface area (TPSA) is 99.6 Å². The zero-order valence-electron chi connectivity index (χ0n) is 13.8. The molecule has 0 aliphatic rings. The highest BCUT2D eigenvalue weighted by Crippen LogP contribution is 2.25. The molecule has 3 aromatic rings. The number of hydrogen-bond acceptors (Lipinski definition) is 5. The number of benzene rings is 1. The Morgan fingerprint density at radius 1 is 1.20 bits per heavy atom. The Balaban J connectivity index is 1.92. The van der Waals surface area contributed by atoms with Crippen molar-refractivity contribution < 1.29 is 14.3 Å². The fourth-order valence-electron chi connectivity index (χ4n) is 2.78. The molecule has 0 radical (unpaired) electrons. The van der Waals surface area contributed by atoms with Crippen molar-refractivity contribution in [2.24, 2.45) is 5.73 Å². The average molecular weight is 338 g/mol. The standard InChI is InChI=1S/C18H18N4O3/c1-12(23)25-15-10-14(9-5-8-13-6-3-2-4-7-13)22-18(20-11-21-22)16(15)17(19)24/h2-4,6-7,10-11H,5,8-9H2,1H3,(H2,19,24). The Labute approximate surface area is 144 Å². The van der Waals surface area contributed by atoms with Gasteiger partial charge in [0.05, 0.1) is 0 Å². The van der Waals surface area contributed by atoms with Crippen molar-refractivity contribution in [3.63, 3.8) is 0 Å². The highest BCUT2D eigenvalue weighted by atomic mass is 16.5. The van der Waals surface area contributed by atoms with Gasteiger partial charge >= 0.3 is 5.97 Å². The summed E-state index contributed by atoms with van der Waals surface area (Å²) in [6.07, 6.45) is 3.80. The molecular formula is C18H18N4O3. The molecule has 0 aliphatic carbocycles. The van der Waals surface area contributed by atoms with Gasteiger partial charge < -0.3 is 10.5 Å². The number of ether oxygens (including phenoxy) is 1. The van der Waals surface area contributed by atoms with E-state index in [4.69, 9.17) is 10.5 Å².